The van der Waals surface area contributed by atoms with Crippen molar-refractivity contribution in [2.45, 2.75) is 19.7 Å². The van der Waals surface area contributed by atoms with E-state index in [9.17, 15) is 18.0 Å². The van der Waals surface area contributed by atoms with Crippen LogP contribution in [0.25, 0.3) is 0 Å². The lowest BCUT2D eigenvalue weighted by molar-refractivity contribution is -0.137. The highest BCUT2D eigenvalue weighted by atomic mass is 19.4. The zero-order valence-electron chi connectivity index (χ0n) is 22.1. The van der Waals surface area contributed by atoms with Gasteiger partial charge in [-0.05, 0) is 49.4 Å². The van der Waals surface area contributed by atoms with E-state index in [2.05, 4.69) is 15.5 Å². The molecule has 3 aromatic carbocycles. The number of carbonyl (C=O) groups excluding carboxylic acids is 1. The minimum atomic E-state index is -4.48. The van der Waals surface area contributed by atoms with Crippen LogP contribution in [0, 0.1) is 0 Å². The Morgan fingerprint density at radius 3 is 2.12 bits per heavy atom. The molecule has 0 unspecified atom stereocenters. The van der Waals surface area contributed by atoms with Crippen molar-refractivity contribution in [1.29, 1.82) is 0 Å². The number of rotatable bonds is 11. The molecule has 0 aliphatic carbocycles. The van der Waals surface area contributed by atoms with Gasteiger partial charge in [0.1, 0.15) is 43.7 Å². The molecule has 0 fully saturated rings. The molecule has 0 atom stereocenters. The van der Waals surface area contributed by atoms with Crippen LogP contribution in [0.4, 0.5) is 13.2 Å². The standard InChI is InChI=1S/C28H26F3N3O6/c1-18(32-39-17-20-8-5-6-11-24(20)26(34-38-4)27(35)36-2)25(33-37-3)19-12-14-22(15-13-19)40-23-10-7-9-21(16-23)28(29,30)31/h5-16H,17H2,1-4H3. The molecule has 3 aromatic rings. The first kappa shape index (κ1) is 29.7. The van der Waals surface area contributed by atoms with Crippen LogP contribution in [-0.2, 0) is 36.8 Å². The van der Waals surface area contributed by atoms with Crippen LogP contribution >= 0.6 is 0 Å². The molecule has 0 bridgehead atoms. The average Bonchev–Trinajstić information content (AvgIpc) is 2.95. The highest BCUT2D eigenvalue weighted by molar-refractivity contribution is 6.47. The number of carbonyl (C=O) groups is 1. The predicted molar refractivity (Wildman–Crippen MR) is 141 cm³/mol. The van der Waals surface area contributed by atoms with E-state index in [4.69, 9.17) is 24.0 Å². The Bertz CT molecular complexity index is 1400. The van der Waals surface area contributed by atoms with Crippen molar-refractivity contribution >= 4 is 23.1 Å². The summed E-state index contributed by atoms with van der Waals surface area (Å²) in [5.74, 6) is -0.309. The SMILES string of the molecule is CON=C(C(C)=NOCc1ccccc1C(=NOC)C(=O)OC)c1ccc(Oc2cccc(C(F)(F)F)c2)cc1. The van der Waals surface area contributed by atoms with Gasteiger partial charge in [-0.2, -0.15) is 13.2 Å². The summed E-state index contributed by atoms with van der Waals surface area (Å²) < 4.78 is 49.3. The van der Waals surface area contributed by atoms with E-state index in [1.54, 1.807) is 55.5 Å². The molecule has 0 aromatic heterocycles. The van der Waals surface area contributed by atoms with E-state index >= 15 is 0 Å². The average molecular weight is 558 g/mol. The molecule has 210 valence electrons. The van der Waals surface area contributed by atoms with E-state index in [-0.39, 0.29) is 18.1 Å². The highest BCUT2D eigenvalue weighted by Gasteiger charge is 2.30. The third-order valence-corrected chi connectivity index (χ3v) is 5.31. The zero-order chi connectivity index (χ0) is 29.1. The van der Waals surface area contributed by atoms with Gasteiger partial charge in [-0.15, -0.1) is 0 Å². The van der Waals surface area contributed by atoms with Crippen molar-refractivity contribution in [1.82, 2.24) is 0 Å². The molecule has 0 saturated carbocycles. The largest absolute Gasteiger partial charge is 0.464 e. The molecular formula is C28H26F3N3O6. The quantitative estimate of drug-likeness (QED) is 0.164. The van der Waals surface area contributed by atoms with Crippen molar-refractivity contribution < 1.29 is 42.0 Å². The van der Waals surface area contributed by atoms with Gasteiger partial charge in [0.25, 0.3) is 0 Å². The Kier molecular flexibility index (Phi) is 10.2. The molecule has 0 amide bonds. The number of hydrogen-bond donors (Lipinski definition) is 0. The second-order valence-electron chi connectivity index (χ2n) is 8.00. The van der Waals surface area contributed by atoms with Gasteiger partial charge >= 0.3 is 12.1 Å². The van der Waals surface area contributed by atoms with Gasteiger partial charge in [-0.3, -0.25) is 0 Å². The van der Waals surface area contributed by atoms with Crippen LogP contribution < -0.4 is 4.74 Å². The lowest BCUT2D eigenvalue weighted by atomic mass is 10.0. The lowest BCUT2D eigenvalue weighted by Crippen LogP contribution is -2.19. The van der Waals surface area contributed by atoms with Crippen LogP contribution in [0.1, 0.15) is 29.2 Å². The van der Waals surface area contributed by atoms with E-state index in [1.807, 2.05) is 0 Å². The lowest BCUT2D eigenvalue weighted by Gasteiger charge is -2.11. The highest BCUT2D eigenvalue weighted by Crippen LogP contribution is 2.32. The molecule has 3 rings (SSSR count). The molecule has 12 heteroatoms. The van der Waals surface area contributed by atoms with Gasteiger partial charge in [-0.1, -0.05) is 45.8 Å². The first-order chi connectivity index (χ1) is 19.2. The van der Waals surface area contributed by atoms with Crippen molar-refractivity contribution in [2.24, 2.45) is 15.5 Å². The third-order valence-electron chi connectivity index (χ3n) is 5.31. The molecule has 9 nitrogen and oxygen atoms in total. The summed E-state index contributed by atoms with van der Waals surface area (Å²) in [5.41, 5.74) is 1.51. The first-order valence-electron chi connectivity index (χ1n) is 11.7. The minimum Gasteiger partial charge on any atom is -0.464 e. The molecule has 0 radical (unpaired) electrons. The Hall–Kier alpha value is -4.87. The Morgan fingerprint density at radius 2 is 1.48 bits per heavy atom. The summed E-state index contributed by atoms with van der Waals surface area (Å²) >= 11 is 0. The predicted octanol–water partition coefficient (Wildman–Crippen LogP) is 5.96. The molecular weight excluding hydrogens is 531 g/mol. The number of halogens is 3. The van der Waals surface area contributed by atoms with Crippen molar-refractivity contribution in [2.75, 3.05) is 21.3 Å². The van der Waals surface area contributed by atoms with Gasteiger partial charge in [0, 0.05) is 16.7 Å². The molecule has 0 heterocycles. The summed E-state index contributed by atoms with van der Waals surface area (Å²) in [5, 5.41) is 11.9. The summed E-state index contributed by atoms with van der Waals surface area (Å²) in [6.07, 6.45) is -4.48. The maximum absolute atomic E-state index is 13.0. The van der Waals surface area contributed by atoms with E-state index in [0.717, 1.165) is 12.1 Å². The maximum Gasteiger partial charge on any atom is 0.416 e. The first-order valence-corrected chi connectivity index (χ1v) is 11.7. The topological polar surface area (TPSA) is 100 Å². The van der Waals surface area contributed by atoms with E-state index < -0.39 is 17.7 Å². The number of ether oxygens (including phenoxy) is 2. The van der Waals surface area contributed by atoms with Crippen molar-refractivity contribution in [3.63, 3.8) is 0 Å². The second kappa shape index (κ2) is 13.8. The van der Waals surface area contributed by atoms with Gasteiger partial charge < -0.3 is 24.0 Å². The molecule has 0 aliphatic heterocycles. The number of esters is 1. The second-order valence-corrected chi connectivity index (χ2v) is 8.00. The number of alkyl halides is 3. The normalized spacial score (nSPS) is 12.5. The summed E-state index contributed by atoms with van der Waals surface area (Å²) in [6, 6.07) is 18.0. The smallest absolute Gasteiger partial charge is 0.416 e. The summed E-state index contributed by atoms with van der Waals surface area (Å²) in [6.45, 7) is 1.64. The Labute approximate surface area is 228 Å². The van der Waals surface area contributed by atoms with Crippen LogP contribution in [-0.4, -0.2) is 44.4 Å². The van der Waals surface area contributed by atoms with Gasteiger partial charge in [0.2, 0.25) is 0 Å². The number of nitrogens with zero attached hydrogens (tertiary/aromatic N) is 3. The fourth-order valence-electron chi connectivity index (χ4n) is 3.48. The summed E-state index contributed by atoms with van der Waals surface area (Å²) in [7, 11) is 3.93. The van der Waals surface area contributed by atoms with Crippen LogP contribution in [0.15, 0.2) is 88.3 Å². The third kappa shape index (κ3) is 7.82. The molecule has 0 spiro atoms. The zero-order valence-corrected chi connectivity index (χ0v) is 22.1. The molecule has 40 heavy (non-hydrogen) atoms. The Balaban J connectivity index is 1.75. The number of benzene rings is 3. The molecule has 0 N–H and O–H groups in total. The van der Waals surface area contributed by atoms with Gasteiger partial charge in [0.05, 0.1) is 12.7 Å². The minimum absolute atomic E-state index is 0.0166. The molecule has 0 aliphatic rings. The fraction of sp³-hybridized carbons (Fsp3) is 0.214. The van der Waals surface area contributed by atoms with Crippen LogP contribution in [0.5, 0.6) is 11.5 Å². The fourth-order valence-corrected chi connectivity index (χ4v) is 3.48. The Morgan fingerprint density at radius 1 is 0.800 bits per heavy atom. The summed E-state index contributed by atoms with van der Waals surface area (Å²) in [4.78, 5) is 27.4. The van der Waals surface area contributed by atoms with Crippen LogP contribution in [0.2, 0.25) is 0 Å². The van der Waals surface area contributed by atoms with Crippen LogP contribution in [0.3, 0.4) is 0 Å². The number of oxime groups is 3. The molecule has 0 saturated heterocycles. The van der Waals surface area contributed by atoms with E-state index in [1.165, 1.54) is 33.5 Å². The number of methoxy groups -OCH3 is 1. The number of hydrogen-bond acceptors (Lipinski definition) is 9. The van der Waals surface area contributed by atoms with Gasteiger partial charge in [0.15, 0.2) is 5.71 Å². The van der Waals surface area contributed by atoms with Gasteiger partial charge in [-0.25, -0.2) is 4.79 Å². The van der Waals surface area contributed by atoms with Crippen molar-refractivity contribution in [3.05, 3.63) is 95.1 Å². The van der Waals surface area contributed by atoms with E-state index in [0.29, 0.717) is 33.9 Å². The van der Waals surface area contributed by atoms with Crippen molar-refractivity contribution in [3.8, 4) is 11.5 Å². The maximum atomic E-state index is 13.0. The monoisotopic (exact) mass is 557 g/mol.